The normalized spacial score (nSPS) is 19.2. The number of hydrogen-bond acceptors (Lipinski definition) is 3. The Labute approximate surface area is 235 Å². The van der Waals surface area contributed by atoms with Crippen molar-refractivity contribution in [1.82, 2.24) is 4.31 Å². The monoisotopic (exact) mass is 526 g/mol. The first-order valence-corrected chi connectivity index (χ1v) is 14.6. The first-order chi connectivity index (χ1) is 18.1. The smallest absolute Gasteiger partial charge is 0.209 e. The number of allylic oxidation sites excluding steroid dienone is 8. The summed E-state index contributed by atoms with van der Waals surface area (Å²) in [5.74, 6) is 0. The summed E-state index contributed by atoms with van der Waals surface area (Å²) < 4.78 is 4.66. The van der Waals surface area contributed by atoms with E-state index in [0.29, 0.717) is 0 Å². The molecule has 4 rings (SSSR count). The number of anilines is 1. The van der Waals surface area contributed by atoms with Crippen LogP contribution in [-0.2, 0) is 10.8 Å². The van der Waals surface area contributed by atoms with Gasteiger partial charge in [0.05, 0.1) is 5.41 Å². The molecule has 2 aliphatic rings. The SMILES string of the molecule is CCCCN(C)Sc1ccc2c(c1)C(C)(C)C(=CC=CC=CC=CC1=[N+](C)c3ccccc3C1(C)C)N2C. The maximum absolute atomic E-state index is 2.38. The van der Waals surface area contributed by atoms with Gasteiger partial charge in [0.2, 0.25) is 5.69 Å². The molecular formula is C34H44N3S+. The molecule has 0 saturated carbocycles. The average Bonchev–Trinajstić information content (AvgIpc) is 3.20. The molecule has 3 nitrogen and oxygen atoms in total. The van der Waals surface area contributed by atoms with Gasteiger partial charge in [-0.05, 0) is 69.1 Å². The van der Waals surface area contributed by atoms with Crippen molar-refractivity contribution in [3.05, 3.63) is 102 Å². The highest BCUT2D eigenvalue weighted by atomic mass is 32.2. The van der Waals surface area contributed by atoms with E-state index in [1.807, 2.05) is 11.9 Å². The Morgan fingerprint density at radius 2 is 1.63 bits per heavy atom. The highest BCUT2D eigenvalue weighted by molar-refractivity contribution is 7.97. The van der Waals surface area contributed by atoms with Gasteiger partial charge in [-0.15, -0.1) is 0 Å². The van der Waals surface area contributed by atoms with Crippen molar-refractivity contribution < 1.29 is 4.58 Å². The molecule has 38 heavy (non-hydrogen) atoms. The minimum absolute atomic E-state index is 0.00683. The summed E-state index contributed by atoms with van der Waals surface area (Å²) in [6.45, 7) is 12.6. The lowest BCUT2D eigenvalue weighted by Crippen LogP contribution is -2.26. The highest BCUT2D eigenvalue weighted by Gasteiger charge is 2.42. The van der Waals surface area contributed by atoms with Crippen LogP contribution in [0.4, 0.5) is 11.4 Å². The van der Waals surface area contributed by atoms with E-state index in [2.05, 4.69) is 155 Å². The van der Waals surface area contributed by atoms with E-state index in [-0.39, 0.29) is 10.8 Å². The van der Waals surface area contributed by atoms with Gasteiger partial charge in [0, 0.05) is 53.0 Å². The summed E-state index contributed by atoms with van der Waals surface area (Å²) in [4.78, 5) is 3.65. The van der Waals surface area contributed by atoms with Gasteiger partial charge in [0.25, 0.3) is 0 Å². The first kappa shape index (κ1) is 28.2. The second-order valence-electron chi connectivity index (χ2n) is 11.4. The van der Waals surface area contributed by atoms with Gasteiger partial charge in [-0.3, -0.25) is 0 Å². The number of hydrogen-bond donors (Lipinski definition) is 0. The topological polar surface area (TPSA) is 9.49 Å². The van der Waals surface area contributed by atoms with Crippen molar-refractivity contribution in [1.29, 1.82) is 0 Å². The van der Waals surface area contributed by atoms with E-state index in [0.717, 1.165) is 6.54 Å². The molecular weight excluding hydrogens is 482 g/mol. The van der Waals surface area contributed by atoms with Gasteiger partial charge in [-0.25, -0.2) is 4.31 Å². The molecule has 0 fully saturated rings. The van der Waals surface area contributed by atoms with Crippen LogP contribution in [0.1, 0.15) is 58.6 Å². The largest absolute Gasteiger partial charge is 0.347 e. The molecule has 0 bridgehead atoms. The van der Waals surface area contributed by atoms with Crippen LogP contribution in [0.2, 0.25) is 0 Å². The number of rotatable bonds is 9. The molecule has 0 radical (unpaired) electrons. The van der Waals surface area contributed by atoms with Crippen molar-refractivity contribution in [2.24, 2.45) is 0 Å². The number of benzene rings is 2. The average molecular weight is 527 g/mol. The number of fused-ring (bicyclic) bond motifs is 2. The van der Waals surface area contributed by atoms with Crippen LogP contribution in [0.25, 0.3) is 0 Å². The molecule has 0 unspecified atom stereocenters. The molecule has 4 heteroatoms. The molecule has 2 aromatic rings. The molecule has 0 spiro atoms. The lowest BCUT2D eigenvalue weighted by Gasteiger charge is -2.24. The van der Waals surface area contributed by atoms with Crippen molar-refractivity contribution in [2.75, 3.05) is 32.6 Å². The van der Waals surface area contributed by atoms with E-state index < -0.39 is 0 Å². The summed E-state index contributed by atoms with van der Waals surface area (Å²) in [5.41, 5.74) is 7.98. The van der Waals surface area contributed by atoms with E-state index in [4.69, 9.17) is 0 Å². The minimum atomic E-state index is -0.0408. The lowest BCUT2D eigenvalue weighted by atomic mass is 9.81. The van der Waals surface area contributed by atoms with Gasteiger partial charge in [0.1, 0.15) is 7.05 Å². The Balaban J connectivity index is 1.43. The van der Waals surface area contributed by atoms with E-state index >= 15 is 0 Å². The zero-order valence-corrected chi connectivity index (χ0v) is 25.3. The fraction of sp³-hybridized carbons (Fsp3) is 0.382. The molecule has 0 saturated heterocycles. The minimum Gasteiger partial charge on any atom is -0.347 e. The fourth-order valence-electron chi connectivity index (χ4n) is 5.77. The molecule has 0 atom stereocenters. The summed E-state index contributed by atoms with van der Waals surface area (Å²) in [6.07, 6.45) is 17.6. The van der Waals surface area contributed by atoms with Crippen LogP contribution < -0.4 is 4.90 Å². The van der Waals surface area contributed by atoms with Crippen LogP contribution in [0.3, 0.4) is 0 Å². The summed E-state index contributed by atoms with van der Waals surface area (Å²) in [7, 11) is 6.53. The quantitative estimate of drug-likeness (QED) is 0.184. The van der Waals surface area contributed by atoms with Gasteiger partial charge >= 0.3 is 0 Å². The third kappa shape index (κ3) is 5.48. The Morgan fingerprint density at radius 3 is 2.37 bits per heavy atom. The molecule has 0 N–H and O–H groups in total. The molecule has 200 valence electrons. The van der Waals surface area contributed by atoms with Crippen molar-refractivity contribution >= 4 is 29.0 Å². The Morgan fingerprint density at radius 1 is 0.921 bits per heavy atom. The van der Waals surface area contributed by atoms with Crippen LogP contribution in [0.5, 0.6) is 0 Å². The van der Waals surface area contributed by atoms with Crippen LogP contribution in [-0.4, -0.2) is 42.3 Å². The lowest BCUT2D eigenvalue weighted by molar-refractivity contribution is -0.401. The third-order valence-electron chi connectivity index (χ3n) is 7.99. The maximum Gasteiger partial charge on any atom is 0.209 e. The van der Waals surface area contributed by atoms with Crippen molar-refractivity contribution in [3.8, 4) is 0 Å². The van der Waals surface area contributed by atoms with Gasteiger partial charge in [-0.2, -0.15) is 4.58 Å². The molecule has 2 heterocycles. The second-order valence-corrected chi connectivity index (χ2v) is 12.7. The predicted molar refractivity (Wildman–Crippen MR) is 167 cm³/mol. The molecule has 2 aromatic carbocycles. The number of likely N-dealkylation sites (N-methyl/N-ethyl adjacent to an activating group) is 1. The van der Waals surface area contributed by atoms with Gasteiger partial charge in [0.15, 0.2) is 5.71 Å². The Hall–Kier alpha value is -2.82. The third-order valence-corrected chi connectivity index (χ3v) is 8.94. The van der Waals surface area contributed by atoms with E-state index in [1.54, 1.807) is 0 Å². The summed E-state index contributed by atoms with van der Waals surface area (Å²) in [5, 5.41) is 0. The number of para-hydroxylation sites is 1. The van der Waals surface area contributed by atoms with Crippen LogP contribution in [0.15, 0.2) is 95.6 Å². The van der Waals surface area contributed by atoms with Gasteiger partial charge in [-0.1, -0.05) is 75.8 Å². The van der Waals surface area contributed by atoms with Crippen molar-refractivity contribution in [3.63, 3.8) is 0 Å². The standard InChI is InChI=1S/C34H44N3S/c1-9-10-24-35(6)38-26-22-23-30-28(25-26)34(4,5)32(37(30)8)21-15-13-11-12-14-20-31-33(2,3)27-18-16-17-19-29(27)36(31)7/h11-23,25H,9-10,24H2,1-8H3/q+1. The Bertz CT molecular complexity index is 1320. The summed E-state index contributed by atoms with van der Waals surface area (Å²) >= 11 is 1.85. The highest BCUT2D eigenvalue weighted by Crippen LogP contribution is 2.48. The summed E-state index contributed by atoms with van der Waals surface area (Å²) in [6, 6.07) is 15.6. The second kappa shape index (κ2) is 11.5. The Kier molecular flexibility index (Phi) is 8.54. The zero-order valence-electron chi connectivity index (χ0n) is 24.5. The van der Waals surface area contributed by atoms with E-state index in [1.165, 1.54) is 51.6 Å². The molecule has 0 amide bonds. The number of nitrogens with zero attached hydrogens (tertiary/aromatic N) is 3. The van der Waals surface area contributed by atoms with E-state index in [9.17, 15) is 0 Å². The molecule has 2 aliphatic heterocycles. The molecule has 0 aromatic heterocycles. The maximum atomic E-state index is 2.38. The number of unbranched alkanes of at least 4 members (excludes halogenated alkanes) is 1. The fourth-order valence-corrected chi connectivity index (χ4v) is 6.65. The van der Waals surface area contributed by atoms with Gasteiger partial charge < -0.3 is 4.90 Å². The predicted octanol–water partition coefficient (Wildman–Crippen LogP) is 8.41. The molecule has 0 aliphatic carbocycles. The van der Waals surface area contributed by atoms with Crippen molar-refractivity contribution in [2.45, 2.75) is 63.2 Å². The zero-order chi connectivity index (χ0) is 27.5. The first-order valence-electron chi connectivity index (χ1n) is 13.8. The van der Waals surface area contributed by atoms with Crippen LogP contribution >= 0.6 is 11.9 Å². The van der Waals surface area contributed by atoms with Crippen LogP contribution in [0, 0.1) is 0 Å².